The maximum absolute atomic E-state index is 13.0. The second-order valence-electron chi connectivity index (χ2n) is 8.22. The molecule has 5 aromatic rings. The first-order valence-electron chi connectivity index (χ1n) is 11.0. The Kier molecular flexibility index (Phi) is 5.89. The van der Waals surface area contributed by atoms with Crippen molar-refractivity contribution < 1.29 is 18.0 Å². The number of benzene rings is 2. The maximum Gasteiger partial charge on any atom is 0.416 e. The van der Waals surface area contributed by atoms with Crippen molar-refractivity contribution >= 4 is 34.1 Å². The van der Waals surface area contributed by atoms with Crippen LogP contribution in [0.2, 0.25) is 0 Å². The molecule has 180 valence electrons. The van der Waals surface area contributed by atoms with E-state index in [1.165, 1.54) is 12.1 Å². The lowest BCUT2D eigenvalue weighted by Crippen LogP contribution is -2.14. The number of anilines is 3. The van der Waals surface area contributed by atoms with Crippen molar-refractivity contribution in [2.75, 3.05) is 10.6 Å². The molecule has 1 amide bonds. The van der Waals surface area contributed by atoms with E-state index in [4.69, 9.17) is 0 Å². The Morgan fingerprint density at radius 3 is 2.64 bits per heavy atom. The van der Waals surface area contributed by atoms with Crippen molar-refractivity contribution in [2.45, 2.75) is 13.1 Å². The summed E-state index contributed by atoms with van der Waals surface area (Å²) in [7, 11) is 0. The van der Waals surface area contributed by atoms with Crippen LogP contribution in [0.5, 0.6) is 0 Å². The summed E-state index contributed by atoms with van der Waals surface area (Å²) in [6.45, 7) is 1.90. The molecule has 0 aliphatic heterocycles. The molecule has 3 aromatic heterocycles. The number of aromatic amines is 1. The van der Waals surface area contributed by atoms with E-state index in [-0.39, 0.29) is 5.56 Å². The molecule has 2 aromatic carbocycles. The Hall–Kier alpha value is -4.66. The molecule has 0 aliphatic carbocycles. The number of nitrogens with zero attached hydrogens (tertiary/aromatic N) is 2. The third-order valence-electron chi connectivity index (χ3n) is 5.71. The molecule has 9 heteroatoms. The highest BCUT2D eigenvalue weighted by Gasteiger charge is 2.30. The Morgan fingerprint density at radius 1 is 1.00 bits per heavy atom. The lowest BCUT2D eigenvalue weighted by atomic mass is 10.1. The van der Waals surface area contributed by atoms with Gasteiger partial charge in [0.2, 0.25) is 0 Å². The van der Waals surface area contributed by atoms with Crippen LogP contribution in [-0.2, 0) is 6.18 Å². The summed E-state index contributed by atoms with van der Waals surface area (Å²) in [4.78, 5) is 24.6. The first kappa shape index (κ1) is 23.1. The number of aryl methyl sites for hydroxylation is 1. The average molecular weight is 487 g/mol. The standard InChI is InChI=1S/C27H20F3N5O/c1-16-7-8-20(33-26(36)17-4-2-6-19(12-17)27(28,29)30)13-23(16)34-24-14-22(18-5-3-10-31-15-18)21-9-11-32-25(21)35-24/h2-15H,1H3,(H,33,36)(H2,32,34,35). The molecule has 3 heterocycles. The van der Waals surface area contributed by atoms with Gasteiger partial charge in [-0.1, -0.05) is 18.2 Å². The van der Waals surface area contributed by atoms with Crippen LogP contribution < -0.4 is 10.6 Å². The molecule has 0 spiro atoms. The van der Waals surface area contributed by atoms with Crippen LogP contribution in [0.15, 0.2) is 85.3 Å². The van der Waals surface area contributed by atoms with Gasteiger partial charge in [0.1, 0.15) is 11.5 Å². The first-order valence-corrected chi connectivity index (χ1v) is 11.0. The Bertz CT molecular complexity index is 1560. The van der Waals surface area contributed by atoms with Crippen molar-refractivity contribution in [3.05, 3.63) is 102 Å². The van der Waals surface area contributed by atoms with Crippen molar-refractivity contribution in [1.29, 1.82) is 0 Å². The van der Waals surface area contributed by atoms with E-state index >= 15 is 0 Å². The predicted octanol–water partition coefficient (Wildman–Crippen LogP) is 6.95. The van der Waals surface area contributed by atoms with E-state index in [2.05, 4.69) is 25.6 Å². The highest BCUT2D eigenvalue weighted by molar-refractivity contribution is 6.04. The number of halogens is 3. The van der Waals surface area contributed by atoms with E-state index in [0.717, 1.165) is 34.2 Å². The lowest BCUT2D eigenvalue weighted by molar-refractivity contribution is -0.137. The van der Waals surface area contributed by atoms with E-state index in [9.17, 15) is 18.0 Å². The van der Waals surface area contributed by atoms with E-state index < -0.39 is 17.6 Å². The van der Waals surface area contributed by atoms with Crippen LogP contribution in [-0.4, -0.2) is 20.9 Å². The van der Waals surface area contributed by atoms with Crippen molar-refractivity contribution in [1.82, 2.24) is 15.0 Å². The lowest BCUT2D eigenvalue weighted by Gasteiger charge is -2.14. The molecule has 0 unspecified atom stereocenters. The summed E-state index contributed by atoms with van der Waals surface area (Å²) in [6, 6.07) is 17.2. The van der Waals surface area contributed by atoms with E-state index in [0.29, 0.717) is 22.8 Å². The van der Waals surface area contributed by atoms with Gasteiger partial charge in [-0.2, -0.15) is 13.2 Å². The molecule has 0 saturated carbocycles. The number of pyridine rings is 2. The van der Waals surface area contributed by atoms with Gasteiger partial charge in [0.25, 0.3) is 5.91 Å². The van der Waals surface area contributed by atoms with Gasteiger partial charge in [-0.25, -0.2) is 4.98 Å². The van der Waals surface area contributed by atoms with Crippen molar-refractivity contribution in [3.8, 4) is 11.1 Å². The average Bonchev–Trinajstić information content (AvgIpc) is 3.34. The van der Waals surface area contributed by atoms with E-state index in [1.54, 1.807) is 30.6 Å². The molecule has 3 N–H and O–H groups in total. The second kappa shape index (κ2) is 9.18. The number of carbonyl (C=O) groups is 1. The number of alkyl halides is 3. The molecular formula is C27H20F3N5O. The molecule has 0 saturated heterocycles. The van der Waals surface area contributed by atoms with Crippen molar-refractivity contribution in [2.24, 2.45) is 0 Å². The molecule has 0 atom stereocenters. The van der Waals surface area contributed by atoms with Gasteiger partial charge < -0.3 is 15.6 Å². The minimum absolute atomic E-state index is 0.0834. The maximum atomic E-state index is 13.0. The number of hydrogen-bond acceptors (Lipinski definition) is 4. The zero-order valence-electron chi connectivity index (χ0n) is 19.0. The molecule has 0 radical (unpaired) electrons. The Morgan fingerprint density at radius 2 is 1.86 bits per heavy atom. The van der Waals surface area contributed by atoms with Gasteiger partial charge in [0.15, 0.2) is 0 Å². The summed E-state index contributed by atoms with van der Waals surface area (Å²) < 4.78 is 39.1. The van der Waals surface area contributed by atoms with E-state index in [1.807, 2.05) is 37.4 Å². The molecule has 36 heavy (non-hydrogen) atoms. The fourth-order valence-electron chi connectivity index (χ4n) is 3.88. The molecule has 0 bridgehead atoms. The number of rotatable bonds is 5. The molecule has 6 nitrogen and oxygen atoms in total. The van der Waals surface area contributed by atoms with Gasteiger partial charge in [-0.15, -0.1) is 0 Å². The monoisotopic (exact) mass is 487 g/mol. The van der Waals surface area contributed by atoms with Gasteiger partial charge in [-0.05, 0) is 66.6 Å². The Labute approximate surface area is 204 Å². The van der Waals surface area contributed by atoms with Gasteiger partial charge in [-0.3, -0.25) is 9.78 Å². The quantitative estimate of drug-likeness (QED) is 0.251. The van der Waals surface area contributed by atoms with Gasteiger partial charge in [0.05, 0.1) is 5.56 Å². The smallest absolute Gasteiger partial charge is 0.346 e. The number of hydrogen-bond donors (Lipinski definition) is 3. The zero-order chi connectivity index (χ0) is 25.3. The molecular weight excluding hydrogens is 467 g/mol. The minimum atomic E-state index is -4.53. The minimum Gasteiger partial charge on any atom is -0.346 e. The van der Waals surface area contributed by atoms with Crippen LogP contribution in [0, 0.1) is 6.92 Å². The summed E-state index contributed by atoms with van der Waals surface area (Å²) >= 11 is 0. The summed E-state index contributed by atoms with van der Waals surface area (Å²) in [5.41, 5.74) is 3.63. The fraction of sp³-hybridized carbons (Fsp3) is 0.0741. The topological polar surface area (TPSA) is 82.7 Å². The molecule has 0 aliphatic rings. The molecule has 0 fully saturated rings. The van der Waals surface area contributed by atoms with Crippen LogP contribution in [0.4, 0.5) is 30.4 Å². The fourth-order valence-corrected chi connectivity index (χ4v) is 3.88. The summed E-state index contributed by atoms with van der Waals surface area (Å²) in [5, 5.41) is 6.92. The van der Waals surface area contributed by atoms with Crippen LogP contribution in [0.1, 0.15) is 21.5 Å². The predicted molar refractivity (Wildman–Crippen MR) is 133 cm³/mol. The highest BCUT2D eigenvalue weighted by Crippen LogP contribution is 2.32. The third kappa shape index (κ3) is 4.76. The number of H-pyrrole nitrogens is 1. The van der Waals surface area contributed by atoms with Crippen LogP contribution in [0.3, 0.4) is 0 Å². The Balaban J connectivity index is 1.43. The molecule has 5 rings (SSSR count). The number of nitrogens with one attached hydrogen (secondary N) is 3. The van der Waals surface area contributed by atoms with Crippen LogP contribution in [0.25, 0.3) is 22.2 Å². The largest absolute Gasteiger partial charge is 0.416 e. The van der Waals surface area contributed by atoms with Gasteiger partial charge >= 0.3 is 6.18 Å². The van der Waals surface area contributed by atoms with Gasteiger partial charge in [0, 0.05) is 46.5 Å². The first-order chi connectivity index (χ1) is 17.3. The number of carbonyl (C=O) groups excluding carboxylic acids is 1. The highest BCUT2D eigenvalue weighted by atomic mass is 19.4. The summed E-state index contributed by atoms with van der Waals surface area (Å²) in [6.07, 6.45) is 0.775. The second-order valence-corrected chi connectivity index (χ2v) is 8.22. The van der Waals surface area contributed by atoms with Crippen LogP contribution >= 0.6 is 0 Å². The normalized spacial score (nSPS) is 11.4. The summed E-state index contributed by atoms with van der Waals surface area (Å²) in [5.74, 6) is -0.0612. The van der Waals surface area contributed by atoms with Crippen molar-refractivity contribution in [3.63, 3.8) is 0 Å². The third-order valence-corrected chi connectivity index (χ3v) is 5.71. The number of aromatic nitrogens is 3. The number of amides is 1. The zero-order valence-corrected chi connectivity index (χ0v) is 19.0. The number of fused-ring (bicyclic) bond motifs is 1. The SMILES string of the molecule is Cc1ccc(NC(=O)c2cccc(C(F)(F)F)c2)cc1Nc1cc(-c2cccnc2)c2cc[nH]c2n1.